The van der Waals surface area contributed by atoms with Crippen LogP contribution in [0.15, 0.2) is 30.3 Å². The topological polar surface area (TPSA) is 102 Å². The maximum Gasteiger partial charge on any atom is 0.338 e. The van der Waals surface area contributed by atoms with Gasteiger partial charge in [0.25, 0.3) is 0 Å². The molecule has 0 amide bonds. The zero-order chi connectivity index (χ0) is 15.4. The maximum atomic E-state index is 12.0. The molecule has 7 nitrogen and oxygen atoms in total. The minimum absolute atomic E-state index is 0.226. The van der Waals surface area contributed by atoms with E-state index in [1.54, 1.807) is 30.3 Å². The zero-order valence-corrected chi connectivity index (χ0v) is 11.3. The third-order valence-electron chi connectivity index (χ3n) is 3.01. The molecule has 1 saturated heterocycles. The second-order valence-corrected chi connectivity index (χ2v) is 4.59. The predicted octanol–water partition coefficient (Wildman–Crippen LogP) is -0.147. The number of esters is 2. The van der Waals surface area contributed by atoms with Crippen molar-refractivity contribution in [3.8, 4) is 0 Å². The lowest BCUT2D eigenvalue weighted by atomic mass is 10.1. The summed E-state index contributed by atoms with van der Waals surface area (Å²) in [5.74, 6) is -1.20. The van der Waals surface area contributed by atoms with Crippen molar-refractivity contribution < 1.29 is 34.0 Å². The Morgan fingerprint density at radius 2 is 1.90 bits per heavy atom. The SMILES string of the molecule is CC(=O)OCC1OC(O)C(O)C1OC(=O)c1ccccc1. The predicted molar refractivity (Wildman–Crippen MR) is 69.2 cm³/mol. The molecule has 0 radical (unpaired) electrons. The molecule has 1 heterocycles. The van der Waals surface area contributed by atoms with Crippen LogP contribution in [0.25, 0.3) is 0 Å². The van der Waals surface area contributed by atoms with Gasteiger partial charge in [-0.25, -0.2) is 4.79 Å². The third kappa shape index (κ3) is 3.78. The number of aliphatic hydroxyl groups excluding tert-OH is 2. The summed E-state index contributed by atoms with van der Waals surface area (Å²) in [7, 11) is 0. The highest BCUT2D eigenvalue weighted by Gasteiger charge is 2.46. The monoisotopic (exact) mass is 296 g/mol. The number of benzene rings is 1. The average molecular weight is 296 g/mol. The van der Waals surface area contributed by atoms with E-state index < -0.39 is 36.5 Å². The van der Waals surface area contributed by atoms with Gasteiger partial charge < -0.3 is 24.4 Å². The molecule has 0 aliphatic carbocycles. The standard InChI is InChI=1S/C14H16O7/c1-8(15)19-7-10-12(11(16)14(18)20-10)21-13(17)9-5-3-2-4-6-9/h2-6,10-12,14,16,18H,7H2,1H3. The first-order valence-electron chi connectivity index (χ1n) is 6.40. The van der Waals surface area contributed by atoms with Gasteiger partial charge in [-0.2, -0.15) is 0 Å². The van der Waals surface area contributed by atoms with Crippen molar-refractivity contribution in [1.82, 2.24) is 0 Å². The Hall–Kier alpha value is -1.96. The Kier molecular flexibility index (Phi) is 4.89. The number of carbonyl (C=O) groups is 2. The summed E-state index contributed by atoms with van der Waals surface area (Å²) >= 11 is 0. The fourth-order valence-corrected chi connectivity index (χ4v) is 1.96. The molecule has 4 unspecified atom stereocenters. The van der Waals surface area contributed by atoms with E-state index in [4.69, 9.17) is 14.2 Å². The molecule has 0 saturated carbocycles. The highest BCUT2D eigenvalue weighted by Crippen LogP contribution is 2.24. The van der Waals surface area contributed by atoms with Crippen molar-refractivity contribution in [2.45, 2.75) is 31.5 Å². The van der Waals surface area contributed by atoms with E-state index in [0.717, 1.165) is 0 Å². The molecule has 7 heteroatoms. The van der Waals surface area contributed by atoms with Crippen LogP contribution < -0.4 is 0 Å². The number of aliphatic hydroxyl groups is 2. The number of carbonyl (C=O) groups excluding carboxylic acids is 2. The molecule has 1 aromatic carbocycles. The first kappa shape index (κ1) is 15.4. The molecule has 2 rings (SSSR count). The lowest BCUT2D eigenvalue weighted by molar-refractivity contribution is -0.155. The van der Waals surface area contributed by atoms with Gasteiger partial charge in [0.15, 0.2) is 12.4 Å². The summed E-state index contributed by atoms with van der Waals surface area (Å²) < 4.78 is 14.9. The molecule has 0 bridgehead atoms. The molecule has 21 heavy (non-hydrogen) atoms. The van der Waals surface area contributed by atoms with Crippen molar-refractivity contribution in [1.29, 1.82) is 0 Å². The van der Waals surface area contributed by atoms with Gasteiger partial charge in [-0.15, -0.1) is 0 Å². The summed E-state index contributed by atoms with van der Waals surface area (Å²) in [5, 5.41) is 19.3. The molecule has 1 aromatic rings. The lowest BCUT2D eigenvalue weighted by Gasteiger charge is -2.20. The Balaban J connectivity index is 2.04. The minimum atomic E-state index is -1.50. The van der Waals surface area contributed by atoms with Crippen LogP contribution in [-0.4, -0.2) is 53.4 Å². The fourth-order valence-electron chi connectivity index (χ4n) is 1.96. The Bertz CT molecular complexity index is 501. The van der Waals surface area contributed by atoms with Crippen molar-refractivity contribution in [2.75, 3.05) is 6.61 Å². The molecular weight excluding hydrogens is 280 g/mol. The Morgan fingerprint density at radius 1 is 1.24 bits per heavy atom. The van der Waals surface area contributed by atoms with Crippen molar-refractivity contribution in [3.63, 3.8) is 0 Å². The van der Waals surface area contributed by atoms with Gasteiger partial charge >= 0.3 is 11.9 Å². The minimum Gasteiger partial charge on any atom is -0.463 e. The highest BCUT2D eigenvalue weighted by molar-refractivity contribution is 5.89. The van der Waals surface area contributed by atoms with Gasteiger partial charge in [-0.1, -0.05) is 18.2 Å². The highest BCUT2D eigenvalue weighted by atomic mass is 16.7. The van der Waals surface area contributed by atoms with Gasteiger partial charge in [0.2, 0.25) is 0 Å². The summed E-state index contributed by atoms with van der Waals surface area (Å²) in [6.45, 7) is 0.989. The molecule has 1 aliphatic heterocycles. The van der Waals surface area contributed by atoms with Crippen LogP contribution in [0.1, 0.15) is 17.3 Å². The molecule has 2 N–H and O–H groups in total. The van der Waals surface area contributed by atoms with Crippen LogP contribution in [0.5, 0.6) is 0 Å². The molecule has 1 aliphatic rings. The maximum absolute atomic E-state index is 12.0. The fraction of sp³-hybridized carbons (Fsp3) is 0.429. The van der Waals surface area contributed by atoms with Gasteiger partial charge in [-0.3, -0.25) is 4.79 Å². The van der Waals surface area contributed by atoms with Gasteiger partial charge in [-0.05, 0) is 12.1 Å². The van der Waals surface area contributed by atoms with Crippen LogP contribution >= 0.6 is 0 Å². The van der Waals surface area contributed by atoms with Crippen LogP contribution in [0.3, 0.4) is 0 Å². The van der Waals surface area contributed by atoms with Gasteiger partial charge in [0.1, 0.15) is 18.8 Å². The molecule has 4 atom stereocenters. The van der Waals surface area contributed by atoms with E-state index >= 15 is 0 Å². The van der Waals surface area contributed by atoms with E-state index in [1.807, 2.05) is 0 Å². The third-order valence-corrected chi connectivity index (χ3v) is 3.01. The normalized spacial score (nSPS) is 28.1. The summed E-state index contributed by atoms with van der Waals surface area (Å²) in [6, 6.07) is 8.20. The smallest absolute Gasteiger partial charge is 0.338 e. The van der Waals surface area contributed by atoms with E-state index in [9.17, 15) is 19.8 Å². The first-order valence-corrected chi connectivity index (χ1v) is 6.40. The van der Waals surface area contributed by atoms with Crippen molar-refractivity contribution in [2.24, 2.45) is 0 Å². The van der Waals surface area contributed by atoms with Crippen LogP contribution in [0.2, 0.25) is 0 Å². The molecule has 0 spiro atoms. The zero-order valence-electron chi connectivity index (χ0n) is 11.3. The summed E-state index contributed by atoms with van der Waals surface area (Å²) in [5.41, 5.74) is 0.303. The van der Waals surface area contributed by atoms with E-state index in [0.29, 0.717) is 5.56 Å². The lowest BCUT2D eigenvalue weighted by Crippen LogP contribution is -2.39. The average Bonchev–Trinajstić information content (AvgIpc) is 2.73. The van der Waals surface area contributed by atoms with Crippen LogP contribution in [-0.2, 0) is 19.0 Å². The molecular formula is C14H16O7. The van der Waals surface area contributed by atoms with Gasteiger partial charge in [0, 0.05) is 6.92 Å². The largest absolute Gasteiger partial charge is 0.463 e. The van der Waals surface area contributed by atoms with Crippen molar-refractivity contribution in [3.05, 3.63) is 35.9 Å². The van der Waals surface area contributed by atoms with Gasteiger partial charge in [0.05, 0.1) is 5.56 Å². The molecule has 1 fully saturated rings. The Morgan fingerprint density at radius 3 is 2.52 bits per heavy atom. The van der Waals surface area contributed by atoms with E-state index in [2.05, 4.69) is 0 Å². The van der Waals surface area contributed by atoms with E-state index in [-0.39, 0.29) is 6.61 Å². The number of rotatable bonds is 4. The second-order valence-electron chi connectivity index (χ2n) is 4.59. The van der Waals surface area contributed by atoms with Crippen LogP contribution in [0.4, 0.5) is 0 Å². The summed E-state index contributed by atoms with van der Waals surface area (Å²) in [4.78, 5) is 22.8. The number of ether oxygens (including phenoxy) is 3. The van der Waals surface area contributed by atoms with Crippen molar-refractivity contribution >= 4 is 11.9 Å². The number of hydrogen-bond acceptors (Lipinski definition) is 7. The van der Waals surface area contributed by atoms with E-state index in [1.165, 1.54) is 6.92 Å². The quantitative estimate of drug-likeness (QED) is 0.745. The molecule has 0 aromatic heterocycles. The number of hydrogen-bond donors (Lipinski definition) is 2. The Labute approximate surface area is 121 Å². The second kappa shape index (κ2) is 6.66. The first-order chi connectivity index (χ1) is 9.99. The van der Waals surface area contributed by atoms with Crippen LogP contribution in [0, 0.1) is 0 Å². The molecule has 114 valence electrons. The summed E-state index contributed by atoms with van der Waals surface area (Å²) in [6.07, 6.45) is -4.95.